The Morgan fingerprint density at radius 2 is 1.64 bits per heavy atom. The molecule has 0 saturated heterocycles. The van der Waals surface area contributed by atoms with E-state index in [-0.39, 0.29) is 24.5 Å². The lowest BCUT2D eigenvalue weighted by atomic mass is 10.0. The smallest absolute Gasteiger partial charge is 0.406 e. The second-order valence-corrected chi connectivity index (χ2v) is 6.70. The van der Waals surface area contributed by atoms with Gasteiger partial charge in [0.05, 0.1) is 7.11 Å². The molecular formula is C20H20N2O5S. The van der Waals surface area contributed by atoms with Crippen molar-refractivity contribution in [1.82, 2.24) is 5.32 Å². The summed E-state index contributed by atoms with van der Waals surface area (Å²) in [4.78, 5) is 41.5. The number of ether oxygens (including phenoxy) is 1. The number of alkyl carbamates (subject to hydrolysis) is 1. The number of oxime groups is 1. The molecule has 1 amide bonds. The first-order valence-corrected chi connectivity index (χ1v) is 9.25. The first-order chi connectivity index (χ1) is 13.5. The molecule has 0 aliphatic rings. The number of carbonyl (C=O) groups excluding carboxylic acids is 3. The Hall–Kier alpha value is -3.13. The van der Waals surface area contributed by atoms with Gasteiger partial charge in [0.25, 0.3) is 0 Å². The fourth-order valence-electron chi connectivity index (χ4n) is 2.14. The lowest BCUT2D eigenvalue weighted by Gasteiger charge is -2.07. The van der Waals surface area contributed by atoms with Gasteiger partial charge in [0.1, 0.15) is 5.71 Å². The van der Waals surface area contributed by atoms with Gasteiger partial charge in [0.15, 0.2) is 0 Å². The molecule has 0 aliphatic heterocycles. The number of hydrogen-bond donors (Lipinski definition) is 1. The van der Waals surface area contributed by atoms with E-state index in [1.165, 1.54) is 14.0 Å². The van der Waals surface area contributed by atoms with Gasteiger partial charge in [-0.1, -0.05) is 35.1 Å². The molecule has 0 radical (unpaired) electrons. The Morgan fingerprint density at radius 3 is 2.25 bits per heavy atom. The second-order valence-electron chi connectivity index (χ2n) is 5.56. The second kappa shape index (κ2) is 10.9. The van der Waals surface area contributed by atoms with Crippen LogP contribution in [0.1, 0.15) is 23.7 Å². The van der Waals surface area contributed by atoms with Crippen LogP contribution in [-0.4, -0.2) is 37.2 Å². The number of rotatable bonds is 8. The van der Waals surface area contributed by atoms with Crippen molar-refractivity contribution in [2.24, 2.45) is 5.16 Å². The molecule has 8 heteroatoms. The Bertz CT molecular complexity index is 851. The SMILES string of the molecule is COC(=O)NCC/C(=N\OC(C)=O)C(=O)c1ccc(Sc2ccccc2)cc1. The minimum absolute atomic E-state index is 0.0232. The quantitative estimate of drug-likeness (QED) is 0.314. The van der Waals surface area contributed by atoms with E-state index >= 15 is 0 Å². The minimum Gasteiger partial charge on any atom is -0.453 e. The van der Waals surface area contributed by atoms with Crippen LogP contribution in [0.3, 0.4) is 0 Å². The average Bonchev–Trinajstić information content (AvgIpc) is 2.71. The fourth-order valence-corrected chi connectivity index (χ4v) is 2.98. The lowest BCUT2D eigenvalue weighted by Crippen LogP contribution is -2.28. The van der Waals surface area contributed by atoms with Crippen molar-refractivity contribution >= 4 is 35.3 Å². The summed E-state index contributed by atoms with van der Waals surface area (Å²) in [6.45, 7) is 1.30. The Labute approximate surface area is 167 Å². The molecule has 7 nitrogen and oxygen atoms in total. The van der Waals surface area contributed by atoms with Gasteiger partial charge in [-0.15, -0.1) is 0 Å². The number of ketones is 1. The van der Waals surface area contributed by atoms with Crippen molar-refractivity contribution in [3.8, 4) is 0 Å². The van der Waals surface area contributed by atoms with Gasteiger partial charge < -0.3 is 14.9 Å². The molecule has 0 unspecified atom stereocenters. The van der Waals surface area contributed by atoms with E-state index in [9.17, 15) is 14.4 Å². The Balaban J connectivity index is 2.08. The molecule has 0 atom stereocenters. The van der Waals surface area contributed by atoms with Crippen LogP contribution in [0.15, 0.2) is 69.5 Å². The van der Waals surface area contributed by atoms with Crippen LogP contribution in [-0.2, 0) is 14.4 Å². The molecule has 0 aromatic heterocycles. The summed E-state index contributed by atoms with van der Waals surface area (Å²) in [6, 6.07) is 16.9. The largest absolute Gasteiger partial charge is 0.453 e. The van der Waals surface area contributed by atoms with E-state index < -0.39 is 12.1 Å². The van der Waals surface area contributed by atoms with Crippen molar-refractivity contribution in [3.63, 3.8) is 0 Å². The zero-order chi connectivity index (χ0) is 20.4. The van der Waals surface area contributed by atoms with Gasteiger partial charge in [-0.2, -0.15) is 0 Å². The standard InChI is InChI=1S/C20H20N2O5S/c1-14(23)27-22-18(12-13-21-20(25)26-2)19(24)15-8-10-17(11-9-15)28-16-6-4-3-5-7-16/h3-11H,12-13H2,1-2H3,(H,21,25)/b22-18+. The zero-order valence-electron chi connectivity index (χ0n) is 15.5. The number of Topliss-reactive ketones (excluding diaryl/α,β-unsaturated/α-hetero) is 1. The predicted octanol–water partition coefficient (Wildman–Crippen LogP) is 3.69. The molecule has 28 heavy (non-hydrogen) atoms. The summed E-state index contributed by atoms with van der Waals surface area (Å²) in [5.41, 5.74) is 0.427. The third kappa shape index (κ3) is 6.88. The number of hydrogen-bond acceptors (Lipinski definition) is 7. The summed E-state index contributed by atoms with van der Waals surface area (Å²) in [5, 5.41) is 6.09. The molecule has 2 aromatic rings. The first kappa shape index (κ1) is 21.2. The van der Waals surface area contributed by atoms with Gasteiger partial charge in [-0.3, -0.25) is 4.79 Å². The van der Waals surface area contributed by atoms with Crippen molar-refractivity contribution in [1.29, 1.82) is 0 Å². The van der Waals surface area contributed by atoms with Gasteiger partial charge in [0.2, 0.25) is 5.78 Å². The van der Waals surface area contributed by atoms with Crippen molar-refractivity contribution in [2.45, 2.75) is 23.1 Å². The highest BCUT2D eigenvalue weighted by Gasteiger charge is 2.16. The monoisotopic (exact) mass is 400 g/mol. The first-order valence-electron chi connectivity index (χ1n) is 8.43. The molecule has 1 N–H and O–H groups in total. The molecule has 0 spiro atoms. The highest BCUT2D eigenvalue weighted by atomic mass is 32.2. The third-order valence-corrected chi connectivity index (χ3v) is 4.47. The maximum Gasteiger partial charge on any atom is 0.406 e. The minimum atomic E-state index is -0.638. The van der Waals surface area contributed by atoms with Crippen LogP contribution in [0.25, 0.3) is 0 Å². The number of amides is 1. The van der Waals surface area contributed by atoms with Crippen LogP contribution in [0.2, 0.25) is 0 Å². The van der Waals surface area contributed by atoms with Gasteiger partial charge in [-0.05, 0) is 36.4 Å². The van der Waals surface area contributed by atoms with Crippen LogP contribution in [0.4, 0.5) is 4.79 Å². The molecule has 0 heterocycles. The number of nitrogens with one attached hydrogen (secondary N) is 1. The van der Waals surface area contributed by atoms with E-state index in [4.69, 9.17) is 0 Å². The summed E-state index contributed by atoms with van der Waals surface area (Å²) in [7, 11) is 1.24. The molecule has 0 saturated carbocycles. The summed E-state index contributed by atoms with van der Waals surface area (Å²) < 4.78 is 4.47. The summed E-state index contributed by atoms with van der Waals surface area (Å²) in [5.74, 6) is -1.02. The Kier molecular flexibility index (Phi) is 8.23. The van der Waals surface area contributed by atoms with Gasteiger partial charge in [0, 0.05) is 35.2 Å². The molecule has 0 aliphatic carbocycles. The third-order valence-electron chi connectivity index (χ3n) is 3.46. The molecule has 0 fully saturated rings. The van der Waals surface area contributed by atoms with E-state index in [1.54, 1.807) is 23.9 Å². The summed E-state index contributed by atoms with van der Waals surface area (Å²) in [6.07, 6.45) is -0.538. The molecule has 0 bridgehead atoms. The van der Waals surface area contributed by atoms with Crippen LogP contribution >= 0.6 is 11.8 Å². The highest BCUT2D eigenvalue weighted by molar-refractivity contribution is 7.99. The molecule has 146 valence electrons. The maximum absolute atomic E-state index is 12.7. The zero-order valence-corrected chi connectivity index (χ0v) is 16.3. The van der Waals surface area contributed by atoms with E-state index in [2.05, 4.69) is 20.0 Å². The van der Waals surface area contributed by atoms with Gasteiger partial charge in [-0.25, -0.2) is 9.59 Å². The highest BCUT2D eigenvalue weighted by Crippen LogP contribution is 2.27. The van der Waals surface area contributed by atoms with Crippen molar-refractivity contribution < 1.29 is 24.0 Å². The van der Waals surface area contributed by atoms with Crippen molar-refractivity contribution in [2.75, 3.05) is 13.7 Å². The van der Waals surface area contributed by atoms with E-state index in [0.717, 1.165) is 9.79 Å². The van der Waals surface area contributed by atoms with Crippen LogP contribution in [0, 0.1) is 0 Å². The maximum atomic E-state index is 12.7. The van der Waals surface area contributed by atoms with E-state index in [0.29, 0.717) is 5.56 Å². The molecule has 2 aromatic carbocycles. The topological polar surface area (TPSA) is 94.1 Å². The van der Waals surface area contributed by atoms with Crippen LogP contribution < -0.4 is 5.32 Å². The predicted molar refractivity (Wildman–Crippen MR) is 106 cm³/mol. The van der Waals surface area contributed by atoms with Crippen LogP contribution in [0.5, 0.6) is 0 Å². The number of benzene rings is 2. The number of methoxy groups -OCH3 is 1. The normalized spacial score (nSPS) is 10.9. The number of carbonyl (C=O) groups is 3. The van der Waals surface area contributed by atoms with E-state index in [1.807, 2.05) is 42.5 Å². The van der Waals surface area contributed by atoms with Crippen molar-refractivity contribution in [3.05, 3.63) is 60.2 Å². The lowest BCUT2D eigenvalue weighted by molar-refractivity contribution is -0.140. The molecular weight excluding hydrogens is 380 g/mol. The van der Waals surface area contributed by atoms with Gasteiger partial charge >= 0.3 is 12.1 Å². The fraction of sp³-hybridized carbons (Fsp3) is 0.200. The number of nitrogens with zero attached hydrogens (tertiary/aromatic N) is 1. The summed E-state index contributed by atoms with van der Waals surface area (Å²) >= 11 is 1.58. The average molecular weight is 400 g/mol. The Morgan fingerprint density at radius 1 is 1.00 bits per heavy atom. The molecule has 2 rings (SSSR count).